The van der Waals surface area contributed by atoms with Crippen LogP contribution in [0.4, 0.5) is 0 Å². The van der Waals surface area contributed by atoms with Gasteiger partial charge in [-0.3, -0.25) is 4.79 Å². The Morgan fingerprint density at radius 3 is 2.94 bits per heavy atom. The lowest BCUT2D eigenvalue weighted by atomic mass is 10.1. The highest BCUT2D eigenvalue weighted by atomic mass is 79.9. The lowest BCUT2D eigenvalue weighted by molar-refractivity contribution is 0.0957. The Morgan fingerprint density at radius 1 is 1.28 bits per heavy atom. The first-order valence-electron chi connectivity index (χ1n) is 6.77. The summed E-state index contributed by atoms with van der Waals surface area (Å²) in [6, 6.07) is 2.12. The Kier molecular flexibility index (Phi) is 5.70. The summed E-state index contributed by atoms with van der Waals surface area (Å²) in [5.74, 6) is 0.114. The fourth-order valence-electron chi connectivity index (χ4n) is 2.29. The molecule has 1 heterocycles. The molecule has 0 atom stereocenters. The molecule has 0 fully saturated rings. The number of aryl methyl sites for hydroxylation is 2. The highest BCUT2D eigenvalue weighted by Gasteiger charge is 2.15. The summed E-state index contributed by atoms with van der Waals surface area (Å²) in [4.78, 5) is 14.3. The van der Waals surface area contributed by atoms with Gasteiger partial charge in [0.1, 0.15) is 0 Å². The number of nitrogens with one attached hydrogen (secondary N) is 1. The third kappa shape index (κ3) is 3.82. The van der Waals surface area contributed by atoms with E-state index in [4.69, 9.17) is 0 Å². The number of carbonyl (C=O) groups is 1. The summed E-state index contributed by atoms with van der Waals surface area (Å²) in [7, 11) is 0. The summed E-state index contributed by atoms with van der Waals surface area (Å²) in [5, 5.41) is 4.02. The van der Waals surface area contributed by atoms with Gasteiger partial charge in [-0.25, -0.2) is 0 Å². The molecule has 0 saturated carbocycles. The minimum Gasteiger partial charge on any atom is -0.351 e. The van der Waals surface area contributed by atoms with Gasteiger partial charge in [-0.1, -0.05) is 22.4 Å². The Bertz CT molecular complexity index is 379. The normalized spacial score (nSPS) is 14.9. The highest BCUT2D eigenvalue weighted by Crippen LogP contribution is 2.28. The molecule has 0 aliphatic heterocycles. The van der Waals surface area contributed by atoms with Crippen LogP contribution in [-0.2, 0) is 12.8 Å². The molecule has 0 spiro atoms. The first-order chi connectivity index (χ1) is 8.81. The molecule has 2 rings (SSSR count). The zero-order valence-electron chi connectivity index (χ0n) is 10.6. The smallest absolute Gasteiger partial charge is 0.261 e. The number of halogens is 1. The Balaban J connectivity index is 1.90. The predicted octanol–water partition coefficient (Wildman–Crippen LogP) is 3.92. The largest absolute Gasteiger partial charge is 0.351 e. The number of fused-ring (bicyclic) bond motifs is 1. The van der Waals surface area contributed by atoms with E-state index in [1.54, 1.807) is 11.3 Å². The Morgan fingerprint density at radius 2 is 2.11 bits per heavy atom. The van der Waals surface area contributed by atoms with Crippen LogP contribution in [0.1, 0.15) is 52.2 Å². The van der Waals surface area contributed by atoms with Crippen molar-refractivity contribution in [2.75, 3.05) is 11.9 Å². The fraction of sp³-hybridized carbons (Fsp3) is 0.643. The highest BCUT2D eigenvalue weighted by molar-refractivity contribution is 9.09. The summed E-state index contributed by atoms with van der Waals surface area (Å²) >= 11 is 5.10. The van der Waals surface area contributed by atoms with Crippen LogP contribution in [0, 0.1) is 0 Å². The average molecular weight is 330 g/mol. The van der Waals surface area contributed by atoms with Crippen molar-refractivity contribution in [2.24, 2.45) is 0 Å². The molecule has 1 aromatic rings. The van der Waals surface area contributed by atoms with E-state index in [9.17, 15) is 4.79 Å². The van der Waals surface area contributed by atoms with Gasteiger partial charge >= 0.3 is 0 Å². The van der Waals surface area contributed by atoms with Gasteiger partial charge in [-0.15, -0.1) is 11.3 Å². The van der Waals surface area contributed by atoms with E-state index in [-0.39, 0.29) is 5.91 Å². The van der Waals surface area contributed by atoms with Crippen LogP contribution < -0.4 is 5.32 Å². The van der Waals surface area contributed by atoms with Gasteiger partial charge in [0.2, 0.25) is 0 Å². The van der Waals surface area contributed by atoms with E-state index < -0.39 is 0 Å². The minimum atomic E-state index is 0.114. The van der Waals surface area contributed by atoms with Gasteiger partial charge in [0, 0.05) is 16.8 Å². The van der Waals surface area contributed by atoms with Gasteiger partial charge < -0.3 is 5.32 Å². The molecule has 0 aromatic carbocycles. The van der Waals surface area contributed by atoms with Crippen LogP contribution >= 0.6 is 27.3 Å². The number of unbranched alkanes of at least 4 members (excludes halogenated alkanes) is 1. The zero-order valence-corrected chi connectivity index (χ0v) is 13.0. The molecule has 0 saturated heterocycles. The number of rotatable bonds is 5. The van der Waals surface area contributed by atoms with Gasteiger partial charge in [0.15, 0.2) is 0 Å². The van der Waals surface area contributed by atoms with E-state index in [1.807, 2.05) is 0 Å². The Labute approximate surface area is 121 Å². The van der Waals surface area contributed by atoms with Crippen LogP contribution in [0.5, 0.6) is 0 Å². The second-order valence-corrected chi connectivity index (χ2v) is 6.70. The summed E-state index contributed by atoms with van der Waals surface area (Å²) in [6.07, 6.45) is 8.36. The van der Waals surface area contributed by atoms with Crippen molar-refractivity contribution in [3.05, 3.63) is 21.4 Å². The van der Waals surface area contributed by atoms with E-state index in [0.29, 0.717) is 0 Å². The number of amides is 1. The molecule has 4 heteroatoms. The van der Waals surface area contributed by atoms with Crippen LogP contribution in [0.3, 0.4) is 0 Å². The molecular formula is C14H20BrNOS. The molecule has 0 radical (unpaired) electrons. The zero-order chi connectivity index (χ0) is 12.8. The molecule has 2 nitrogen and oxygen atoms in total. The maximum Gasteiger partial charge on any atom is 0.261 e. The molecule has 1 aliphatic rings. The number of carbonyl (C=O) groups excluding carboxylic acids is 1. The molecule has 0 unspecified atom stereocenters. The lowest BCUT2D eigenvalue weighted by Gasteiger charge is -2.02. The third-order valence-corrected chi connectivity index (χ3v) is 5.11. The van der Waals surface area contributed by atoms with Crippen molar-refractivity contribution < 1.29 is 4.79 Å². The summed E-state index contributed by atoms with van der Waals surface area (Å²) in [6.45, 7) is 0.785. The molecule has 18 heavy (non-hydrogen) atoms. The quantitative estimate of drug-likeness (QED) is 0.495. The van der Waals surface area contributed by atoms with Crippen molar-refractivity contribution in [1.29, 1.82) is 0 Å². The van der Waals surface area contributed by atoms with Crippen molar-refractivity contribution in [3.63, 3.8) is 0 Å². The van der Waals surface area contributed by atoms with E-state index in [0.717, 1.165) is 42.4 Å². The second-order valence-electron chi connectivity index (χ2n) is 4.77. The van der Waals surface area contributed by atoms with Crippen LogP contribution in [0.2, 0.25) is 0 Å². The summed E-state index contributed by atoms with van der Waals surface area (Å²) < 4.78 is 0. The first-order valence-corrected chi connectivity index (χ1v) is 8.71. The topological polar surface area (TPSA) is 29.1 Å². The van der Waals surface area contributed by atoms with Gasteiger partial charge in [-0.2, -0.15) is 0 Å². The fourth-order valence-corrected chi connectivity index (χ4v) is 3.85. The minimum absolute atomic E-state index is 0.114. The van der Waals surface area contributed by atoms with Crippen molar-refractivity contribution >= 4 is 33.2 Å². The molecule has 1 N–H and O–H groups in total. The van der Waals surface area contributed by atoms with Crippen molar-refractivity contribution in [2.45, 2.75) is 44.9 Å². The lowest BCUT2D eigenvalue weighted by Crippen LogP contribution is -2.23. The van der Waals surface area contributed by atoms with Crippen molar-refractivity contribution in [3.8, 4) is 0 Å². The molecule has 100 valence electrons. The summed E-state index contributed by atoms with van der Waals surface area (Å²) in [5.41, 5.74) is 1.42. The number of thiophene rings is 1. The molecule has 1 amide bonds. The monoisotopic (exact) mass is 329 g/mol. The van der Waals surface area contributed by atoms with Crippen molar-refractivity contribution in [1.82, 2.24) is 5.32 Å². The Hall–Kier alpha value is -0.350. The van der Waals surface area contributed by atoms with E-state index in [1.165, 1.54) is 29.7 Å². The van der Waals surface area contributed by atoms with Crippen LogP contribution in [0.15, 0.2) is 6.07 Å². The third-order valence-electron chi connectivity index (χ3n) is 3.32. The number of hydrogen-bond donors (Lipinski definition) is 1. The second kappa shape index (κ2) is 7.29. The first kappa shape index (κ1) is 14.1. The maximum atomic E-state index is 12.0. The molecule has 1 aliphatic carbocycles. The predicted molar refractivity (Wildman–Crippen MR) is 80.9 cm³/mol. The van der Waals surface area contributed by atoms with Gasteiger partial charge in [-0.05, 0) is 50.2 Å². The number of alkyl halides is 1. The van der Waals surface area contributed by atoms with Crippen LogP contribution in [0.25, 0.3) is 0 Å². The molecule has 1 aromatic heterocycles. The standard InChI is InChI=1S/C14H20BrNOS/c15-8-4-5-9-16-14(17)13-10-11-6-2-1-3-7-12(11)18-13/h10H,1-9H2,(H,16,17). The molecule has 0 bridgehead atoms. The van der Waals surface area contributed by atoms with E-state index >= 15 is 0 Å². The van der Waals surface area contributed by atoms with E-state index in [2.05, 4.69) is 27.3 Å². The number of hydrogen-bond acceptors (Lipinski definition) is 2. The van der Waals surface area contributed by atoms with Crippen LogP contribution in [-0.4, -0.2) is 17.8 Å². The molecular weight excluding hydrogens is 310 g/mol. The SMILES string of the molecule is O=C(NCCCCBr)c1cc2c(s1)CCCCC2. The van der Waals surface area contributed by atoms with Gasteiger partial charge in [0.25, 0.3) is 5.91 Å². The van der Waals surface area contributed by atoms with Gasteiger partial charge in [0.05, 0.1) is 4.88 Å². The maximum absolute atomic E-state index is 12.0. The average Bonchev–Trinajstić information content (AvgIpc) is 2.66.